The van der Waals surface area contributed by atoms with Crippen molar-refractivity contribution in [1.29, 1.82) is 0 Å². The second kappa shape index (κ2) is 8.12. The summed E-state index contributed by atoms with van der Waals surface area (Å²) in [7, 11) is 3.23. The Morgan fingerprint density at radius 2 is 1.76 bits per heavy atom. The summed E-state index contributed by atoms with van der Waals surface area (Å²) in [6.45, 7) is 0.752. The molecule has 0 spiro atoms. The summed E-state index contributed by atoms with van der Waals surface area (Å²) >= 11 is 0. The van der Waals surface area contributed by atoms with Crippen LogP contribution in [0.3, 0.4) is 0 Å². The molecule has 0 bridgehead atoms. The quantitative estimate of drug-likeness (QED) is 0.842. The topological polar surface area (TPSA) is 64.8 Å². The van der Waals surface area contributed by atoms with Gasteiger partial charge in [-0.15, -0.1) is 12.4 Å². The van der Waals surface area contributed by atoms with Gasteiger partial charge in [0.2, 0.25) is 0 Å². The Morgan fingerprint density at radius 3 is 2.40 bits per heavy atom. The highest BCUT2D eigenvalue weighted by molar-refractivity contribution is 5.95. The molecule has 0 aromatic heterocycles. The molecule has 1 aliphatic heterocycles. The highest BCUT2D eigenvalue weighted by Crippen LogP contribution is 2.37. The van der Waals surface area contributed by atoms with Gasteiger partial charge in [0.25, 0.3) is 5.91 Å². The number of carbonyl (C=O) groups excluding carboxylic acids is 1. The molecule has 2 aromatic carbocycles. The van der Waals surface area contributed by atoms with Gasteiger partial charge in [0.15, 0.2) is 11.5 Å². The van der Waals surface area contributed by atoms with Gasteiger partial charge in [0.05, 0.1) is 20.3 Å². The third kappa shape index (κ3) is 3.82. The first-order valence-corrected chi connectivity index (χ1v) is 8.02. The first-order valence-electron chi connectivity index (χ1n) is 8.02. The summed E-state index contributed by atoms with van der Waals surface area (Å²) in [5.41, 5.74) is 8.09. The van der Waals surface area contributed by atoms with Crippen molar-refractivity contribution in [2.45, 2.75) is 18.9 Å². The number of hydrogen-bond acceptors (Lipinski definition) is 4. The minimum atomic E-state index is 0. The van der Waals surface area contributed by atoms with E-state index in [0.717, 1.165) is 24.9 Å². The molecule has 1 aliphatic rings. The zero-order valence-corrected chi connectivity index (χ0v) is 15.2. The minimum absolute atomic E-state index is 0. The van der Waals surface area contributed by atoms with Crippen molar-refractivity contribution in [3.63, 3.8) is 0 Å². The summed E-state index contributed by atoms with van der Waals surface area (Å²) in [6.07, 6.45) is 1.93. The number of rotatable bonds is 4. The van der Waals surface area contributed by atoms with Gasteiger partial charge in [0, 0.05) is 17.8 Å². The number of nitrogens with zero attached hydrogens (tertiary/aromatic N) is 1. The lowest BCUT2D eigenvalue weighted by Crippen LogP contribution is -2.30. The van der Waals surface area contributed by atoms with Gasteiger partial charge in [-0.3, -0.25) is 4.79 Å². The Bertz CT molecular complexity index is 734. The maximum absolute atomic E-state index is 12.8. The summed E-state index contributed by atoms with van der Waals surface area (Å²) < 4.78 is 10.7. The molecule has 1 saturated heterocycles. The van der Waals surface area contributed by atoms with Gasteiger partial charge in [-0.25, -0.2) is 0 Å². The first kappa shape index (κ1) is 18.9. The Hall–Kier alpha value is -2.40. The van der Waals surface area contributed by atoms with Gasteiger partial charge in [-0.05, 0) is 54.8 Å². The molecule has 2 N–H and O–H groups in total. The van der Waals surface area contributed by atoms with Crippen molar-refractivity contribution in [2.24, 2.45) is 0 Å². The number of benzene rings is 2. The Labute approximate surface area is 154 Å². The fourth-order valence-electron chi connectivity index (χ4n) is 3.21. The van der Waals surface area contributed by atoms with Gasteiger partial charge in [-0.2, -0.15) is 0 Å². The molecule has 134 valence electrons. The third-order valence-electron chi connectivity index (χ3n) is 4.46. The van der Waals surface area contributed by atoms with Crippen LogP contribution >= 0.6 is 12.4 Å². The molecule has 1 heterocycles. The van der Waals surface area contributed by atoms with Gasteiger partial charge < -0.3 is 20.1 Å². The van der Waals surface area contributed by atoms with E-state index in [9.17, 15) is 4.79 Å². The Balaban J connectivity index is 0.00000225. The highest BCUT2D eigenvalue weighted by atomic mass is 35.5. The standard InChI is InChI=1S/C19H22N2O3.ClH/c1-23-17-10-7-14(12-18(17)24-2)16-4-3-11-21(16)19(22)13-5-8-15(20)9-6-13;/h5-10,12,16H,3-4,11,20H2,1-2H3;1H. The number of anilines is 1. The molecular formula is C19H23ClN2O3. The number of methoxy groups -OCH3 is 2. The maximum Gasteiger partial charge on any atom is 0.254 e. The van der Waals surface area contributed by atoms with Crippen LogP contribution in [-0.2, 0) is 0 Å². The molecule has 0 aliphatic carbocycles. The molecule has 2 aromatic rings. The van der Waals surface area contributed by atoms with Crippen LogP contribution in [0.25, 0.3) is 0 Å². The highest BCUT2D eigenvalue weighted by Gasteiger charge is 2.31. The van der Waals surface area contributed by atoms with E-state index in [1.807, 2.05) is 23.1 Å². The normalized spacial score (nSPS) is 16.2. The predicted octanol–water partition coefficient (Wildman–Crippen LogP) is 3.69. The molecule has 1 atom stereocenters. The Morgan fingerprint density at radius 1 is 1.08 bits per heavy atom. The van der Waals surface area contributed by atoms with Crippen LogP contribution in [0.1, 0.15) is 34.8 Å². The molecular weight excluding hydrogens is 340 g/mol. The van der Waals surface area contributed by atoms with Gasteiger partial charge >= 0.3 is 0 Å². The number of ether oxygens (including phenoxy) is 2. The van der Waals surface area contributed by atoms with E-state index in [0.29, 0.717) is 22.7 Å². The molecule has 5 nitrogen and oxygen atoms in total. The molecule has 0 saturated carbocycles. The van der Waals surface area contributed by atoms with E-state index in [1.54, 1.807) is 38.5 Å². The fourth-order valence-corrected chi connectivity index (χ4v) is 3.21. The number of hydrogen-bond donors (Lipinski definition) is 1. The number of halogens is 1. The van der Waals surface area contributed by atoms with Crippen molar-refractivity contribution in [3.05, 3.63) is 53.6 Å². The van der Waals surface area contributed by atoms with Crippen LogP contribution in [0.5, 0.6) is 11.5 Å². The molecule has 1 fully saturated rings. The van der Waals surface area contributed by atoms with Crippen molar-refractivity contribution in [3.8, 4) is 11.5 Å². The van der Waals surface area contributed by atoms with Gasteiger partial charge in [-0.1, -0.05) is 6.07 Å². The Kier molecular flexibility index (Phi) is 6.15. The van der Waals surface area contributed by atoms with Crippen LogP contribution in [0, 0.1) is 0 Å². The maximum atomic E-state index is 12.8. The summed E-state index contributed by atoms with van der Waals surface area (Å²) in [4.78, 5) is 14.8. The van der Waals surface area contributed by atoms with Crippen LogP contribution in [0.15, 0.2) is 42.5 Å². The molecule has 25 heavy (non-hydrogen) atoms. The zero-order chi connectivity index (χ0) is 17.1. The molecule has 0 radical (unpaired) electrons. The third-order valence-corrected chi connectivity index (χ3v) is 4.46. The lowest BCUT2D eigenvalue weighted by atomic mass is 10.0. The van der Waals surface area contributed by atoms with Gasteiger partial charge in [0.1, 0.15) is 0 Å². The van der Waals surface area contributed by atoms with E-state index >= 15 is 0 Å². The molecule has 1 unspecified atom stereocenters. The van der Waals surface area contributed by atoms with Crippen molar-refractivity contribution in [2.75, 3.05) is 26.5 Å². The van der Waals surface area contributed by atoms with Crippen molar-refractivity contribution in [1.82, 2.24) is 4.90 Å². The number of nitrogens with two attached hydrogens (primary N) is 1. The van der Waals surface area contributed by atoms with Crippen LogP contribution in [-0.4, -0.2) is 31.6 Å². The van der Waals surface area contributed by atoms with E-state index < -0.39 is 0 Å². The van der Waals surface area contributed by atoms with Crippen LogP contribution in [0.4, 0.5) is 5.69 Å². The predicted molar refractivity (Wildman–Crippen MR) is 101 cm³/mol. The first-order chi connectivity index (χ1) is 11.6. The van der Waals surface area contributed by atoms with Crippen molar-refractivity contribution >= 4 is 24.0 Å². The minimum Gasteiger partial charge on any atom is -0.493 e. The fraction of sp³-hybridized carbons (Fsp3) is 0.316. The lowest BCUT2D eigenvalue weighted by Gasteiger charge is -2.26. The van der Waals surface area contributed by atoms with Crippen LogP contribution < -0.4 is 15.2 Å². The average molecular weight is 363 g/mol. The summed E-state index contributed by atoms with van der Waals surface area (Å²) in [6, 6.07) is 13.0. The number of nitrogen functional groups attached to an aromatic ring is 1. The van der Waals surface area contributed by atoms with Crippen LogP contribution in [0.2, 0.25) is 0 Å². The molecule has 1 amide bonds. The lowest BCUT2D eigenvalue weighted by molar-refractivity contribution is 0.0735. The zero-order valence-electron chi connectivity index (χ0n) is 14.4. The van der Waals surface area contributed by atoms with E-state index in [2.05, 4.69) is 0 Å². The summed E-state index contributed by atoms with van der Waals surface area (Å²) in [5.74, 6) is 1.41. The average Bonchev–Trinajstić information content (AvgIpc) is 3.10. The van der Waals surface area contributed by atoms with E-state index in [4.69, 9.17) is 15.2 Å². The smallest absolute Gasteiger partial charge is 0.254 e. The van der Waals surface area contributed by atoms with E-state index in [-0.39, 0.29) is 24.4 Å². The number of carbonyl (C=O) groups is 1. The summed E-state index contributed by atoms with van der Waals surface area (Å²) in [5, 5.41) is 0. The second-order valence-electron chi connectivity index (χ2n) is 5.89. The van der Waals surface area contributed by atoms with Crippen molar-refractivity contribution < 1.29 is 14.3 Å². The SMILES string of the molecule is COc1ccc(C2CCCN2C(=O)c2ccc(N)cc2)cc1OC.Cl. The second-order valence-corrected chi connectivity index (χ2v) is 5.89. The number of likely N-dealkylation sites (tertiary alicyclic amines) is 1. The largest absolute Gasteiger partial charge is 0.493 e. The van der Waals surface area contributed by atoms with E-state index in [1.165, 1.54) is 0 Å². The molecule has 3 rings (SSSR count). The monoisotopic (exact) mass is 362 g/mol. The molecule has 6 heteroatoms. The number of amides is 1.